The lowest BCUT2D eigenvalue weighted by Crippen LogP contribution is -2.55. The summed E-state index contributed by atoms with van der Waals surface area (Å²) >= 11 is 3.05. The number of carbonyl (C=O) groups excluding carboxylic acids is 1. The van der Waals surface area contributed by atoms with Crippen molar-refractivity contribution in [2.24, 2.45) is 11.3 Å². The number of anilines is 2. The predicted molar refractivity (Wildman–Crippen MR) is 135 cm³/mol. The molecule has 3 aromatic rings. The number of nitrogens with one attached hydrogen (secondary N) is 3. The normalized spacial score (nSPS) is 17.7. The summed E-state index contributed by atoms with van der Waals surface area (Å²) in [7, 11) is 0. The van der Waals surface area contributed by atoms with Crippen LogP contribution in [0.4, 0.5) is 15.5 Å². The fourth-order valence-corrected chi connectivity index (χ4v) is 5.56. The highest BCUT2D eigenvalue weighted by molar-refractivity contribution is 7.98. The van der Waals surface area contributed by atoms with Crippen molar-refractivity contribution in [1.29, 1.82) is 0 Å². The molecule has 1 atom stereocenters. The second kappa shape index (κ2) is 9.63. The maximum atomic E-state index is 14.8. The van der Waals surface area contributed by atoms with Crippen LogP contribution in [0.2, 0.25) is 0 Å². The summed E-state index contributed by atoms with van der Waals surface area (Å²) in [6, 6.07) is 3.03. The van der Waals surface area contributed by atoms with Crippen molar-refractivity contribution in [2.75, 3.05) is 56.2 Å². The highest BCUT2D eigenvalue weighted by atomic mass is 32.2. The average molecular weight is 502 g/mol. The van der Waals surface area contributed by atoms with Gasteiger partial charge in [0.05, 0.1) is 15.8 Å². The molecule has 11 heteroatoms. The molecule has 4 heterocycles. The first-order valence-corrected chi connectivity index (χ1v) is 13.4. The largest absolute Gasteiger partial charge is 0.361 e. The van der Waals surface area contributed by atoms with Crippen LogP contribution in [0.3, 0.4) is 0 Å². The van der Waals surface area contributed by atoms with Crippen LogP contribution in [0.1, 0.15) is 23.7 Å². The van der Waals surface area contributed by atoms with E-state index >= 15 is 0 Å². The van der Waals surface area contributed by atoms with Gasteiger partial charge >= 0.3 is 0 Å². The van der Waals surface area contributed by atoms with Gasteiger partial charge < -0.3 is 20.9 Å². The fraction of sp³-hybridized carbons (Fsp3) is 0.478. The molecule has 1 amide bonds. The Morgan fingerprint density at radius 3 is 2.74 bits per heavy atom. The molecule has 2 aromatic heterocycles. The van der Waals surface area contributed by atoms with Crippen LogP contribution >= 0.6 is 23.1 Å². The molecule has 0 aliphatic carbocycles. The third kappa shape index (κ3) is 4.82. The van der Waals surface area contributed by atoms with E-state index in [0.717, 1.165) is 29.1 Å². The number of thioether (sulfide) groups is 1. The molecule has 8 nitrogen and oxygen atoms in total. The molecule has 0 bridgehead atoms. The summed E-state index contributed by atoms with van der Waals surface area (Å²) in [6.45, 7) is 6.77. The van der Waals surface area contributed by atoms with Crippen molar-refractivity contribution in [1.82, 2.24) is 25.2 Å². The minimum absolute atomic E-state index is 0.136. The smallest absolute Gasteiger partial charge is 0.256 e. The van der Waals surface area contributed by atoms with Crippen molar-refractivity contribution in [3.63, 3.8) is 0 Å². The number of carbonyl (C=O) groups is 1. The van der Waals surface area contributed by atoms with E-state index in [-0.39, 0.29) is 22.8 Å². The number of hydrogen-bond donors (Lipinski definition) is 3. The average Bonchev–Trinajstić information content (AvgIpc) is 3.45. The molecule has 1 unspecified atom stereocenters. The van der Waals surface area contributed by atoms with Crippen LogP contribution in [0.15, 0.2) is 29.4 Å². The number of thiazole rings is 1. The van der Waals surface area contributed by atoms with E-state index < -0.39 is 5.82 Å². The number of nitrogens with zero attached hydrogens (tertiary/aromatic N) is 4. The van der Waals surface area contributed by atoms with Crippen LogP contribution in [-0.2, 0) is 0 Å². The molecular weight excluding hydrogens is 473 g/mol. The third-order valence-corrected chi connectivity index (χ3v) is 8.17. The van der Waals surface area contributed by atoms with Crippen molar-refractivity contribution in [3.05, 3.63) is 35.9 Å². The Hall–Kier alpha value is -2.50. The van der Waals surface area contributed by atoms with Crippen LogP contribution < -0.4 is 16.0 Å². The van der Waals surface area contributed by atoms with Crippen LogP contribution in [0.5, 0.6) is 0 Å². The van der Waals surface area contributed by atoms with E-state index in [9.17, 15) is 9.18 Å². The summed E-state index contributed by atoms with van der Waals surface area (Å²) in [5.74, 6) is 0.161. The minimum Gasteiger partial charge on any atom is -0.361 e. The number of fused-ring (bicyclic) bond motifs is 1. The topological polar surface area (TPSA) is 95.1 Å². The second-order valence-corrected chi connectivity index (χ2v) is 11.1. The maximum absolute atomic E-state index is 14.8. The molecule has 2 saturated heterocycles. The van der Waals surface area contributed by atoms with E-state index in [0.29, 0.717) is 42.8 Å². The molecule has 1 spiro atoms. The minimum atomic E-state index is -0.507. The highest BCUT2D eigenvalue weighted by Gasteiger charge is 2.44. The second-order valence-electron chi connectivity index (χ2n) is 9.21. The molecule has 1 aromatic carbocycles. The van der Waals surface area contributed by atoms with Crippen molar-refractivity contribution < 1.29 is 9.18 Å². The van der Waals surface area contributed by atoms with Crippen molar-refractivity contribution in [2.45, 2.75) is 18.2 Å². The van der Waals surface area contributed by atoms with Crippen LogP contribution in [-0.4, -0.2) is 71.3 Å². The van der Waals surface area contributed by atoms with Gasteiger partial charge in [-0.15, -0.1) is 11.8 Å². The first-order chi connectivity index (χ1) is 16.4. The lowest BCUT2D eigenvalue weighted by molar-refractivity contribution is 0.0747. The summed E-state index contributed by atoms with van der Waals surface area (Å²) < 4.78 is 15.6. The molecule has 2 aliphatic heterocycles. The van der Waals surface area contributed by atoms with E-state index in [2.05, 4.69) is 37.8 Å². The lowest BCUT2D eigenvalue weighted by Gasteiger charge is -2.39. The monoisotopic (exact) mass is 501 g/mol. The standard InChI is InChI=1S/C23H28FN7OS2/c1-14(7-26-21-27-9-15(33-2)10-28-21)8-29-22-30-18-6-17(24)16(5-19(18)34-22)20(32)31-4-3-23(13-31)11-25-12-23/h5-6,9-10,14,25H,3-4,7-8,11-13H2,1-2H3,(H,29,30)(H,26,27,28). The Labute approximate surface area is 206 Å². The number of amides is 1. The molecule has 2 fully saturated rings. The Balaban J connectivity index is 1.19. The Morgan fingerprint density at radius 1 is 1.29 bits per heavy atom. The van der Waals surface area contributed by atoms with E-state index in [1.165, 1.54) is 17.4 Å². The van der Waals surface area contributed by atoms with Crippen LogP contribution in [0, 0.1) is 17.2 Å². The fourth-order valence-electron chi connectivity index (χ4n) is 4.35. The zero-order valence-corrected chi connectivity index (χ0v) is 20.9. The zero-order valence-electron chi connectivity index (χ0n) is 19.2. The van der Waals surface area contributed by atoms with Gasteiger partial charge in [0, 0.05) is 68.0 Å². The number of likely N-dealkylation sites (tertiary alicyclic amines) is 1. The lowest BCUT2D eigenvalue weighted by atomic mass is 9.81. The first-order valence-electron chi connectivity index (χ1n) is 11.4. The molecule has 5 rings (SSSR count). The van der Waals surface area contributed by atoms with Gasteiger partial charge in [-0.05, 0) is 24.7 Å². The van der Waals surface area contributed by atoms with Crippen LogP contribution in [0.25, 0.3) is 10.2 Å². The quantitative estimate of drug-likeness (QED) is 0.404. The number of hydrogen-bond acceptors (Lipinski definition) is 9. The zero-order chi connectivity index (χ0) is 23.7. The summed E-state index contributed by atoms with van der Waals surface area (Å²) in [5.41, 5.74) is 0.890. The first kappa shape index (κ1) is 23.3. The predicted octanol–water partition coefficient (Wildman–Crippen LogP) is 3.54. The Kier molecular flexibility index (Phi) is 6.59. The summed E-state index contributed by atoms with van der Waals surface area (Å²) in [5, 5.41) is 10.6. The van der Waals surface area contributed by atoms with Crippen molar-refractivity contribution in [3.8, 4) is 0 Å². The van der Waals surface area contributed by atoms with Gasteiger partial charge in [0.25, 0.3) is 5.91 Å². The molecule has 180 valence electrons. The van der Waals surface area contributed by atoms with Gasteiger partial charge in [-0.1, -0.05) is 18.3 Å². The number of rotatable bonds is 8. The molecule has 0 saturated carbocycles. The molecule has 2 aliphatic rings. The van der Waals surface area contributed by atoms with Gasteiger partial charge in [-0.2, -0.15) is 0 Å². The van der Waals surface area contributed by atoms with Gasteiger partial charge in [-0.25, -0.2) is 19.3 Å². The Bertz CT molecular complexity index is 1180. The summed E-state index contributed by atoms with van der Waals surface area (Å²) in [6.07, 6.45) is 6.57. The molecule has 34 heavy (non-hydrogen) atoms. The van der Waals surface area contributed by atoms with Gasteiger partial charge in [0.1, 0.15) is 5.82 Å². The number of benzene rings is 1. The van der Waals surface area contributed by atoms with Gasteiger partial charge in [0.15, 0.2) is 5.13 Å². The molecule has 0 radical (unpaired) electrons. The van der Waals surface area contributed by atoms with E-state index in [1.807, 2.05) is 6.26 Å². The van der Waals surface area contributed by atoms with E-state index in [1.54, 1.807) is 35.1 Å². The van der Waals surface area contributed by atoms with Crippen molar-refractivity contribution >= 4 is 50.3 Å². The summed E-state index contributed by atoms with van der Waals surface area (Å²) in [4.78, 5) is 28.9. The van der Waals surface area contributed by atoms with Gasteiger partial charge in [-0.3, -0.25) is 4.79 Å². The van der Waals surface area contributed by atoms with Gasteiger partial charge in [0.2, 0.25) is 5.95 Å². The molecular formula is C23H28FN7OS2. The number of halogens is 1. The number of aromatic nitrogens is 3. The molecule has 3 N–H and O–H groups in total. The highest BCUT2D eigenvalue weighted by Crippen LogP contribution is 2.35. The third-order valence-electron chi connectivity index (χ3n) is 6.51. The maximum Gasteiger partial charge on any atom is 0.256 e. The Morgan fingerprint density at radius 2 is 2.06 bits per heavy atom. The SMILES string of the molecule is CSc1cnc(NCC(C)CNc2nc3cc(F)c(C(=O)N4CCC5(CNC5)C4)cc3s2)nc1. The van der Waals surface area contributed by atoms with E-state index in [4.69, 9.17) is 0 Å².